The fourth-order valence-electron chi connectivity index (χ4n) is 2.59. The Labute approximate surface area is 137 Å². The van der Waals surface area contributed by atoms with Crippen LogP contribution >= 0.6 is 0 Å². The summed E-state index contributed by atoms with van der Waals surface area (Å²) < 4.78 is 16.7. The highest BCUT2D eigenvalue weighted by molar-refractivity contribution is 6.05. The average molecular weight is 332 g/mol. The number of ether oxygens (including phenoxy) is 3. The third kappa shape index (κ3) is 2.48. The summed E-state index contributed by atoms with van der Waals surface area (Å²) in [6, 6.07) is 5.43. The number of aromatic nitrogens is 3. The highest BCUT2D eigenvalue weighted by atomic mass is 16.5. The number of fused-ring (bicyclic) bond motifs is 1. The van der Waals surface area contributed by atoms with Gasteiger partial charge in [0.25, 0.3) is 0 Å². The Balaban J connectivity index is 2.20. The van der Waals surface area contributed by atoms with Crippen LogP contribution in [-0.2, 0) is 30.8 Å². The first-order valence-electron chi connectivity index (χ1n) is 7.12. The van der Waals surface area contributed by atoms with E-state index in [1.165, 1.54) is 14.2 Å². The van der Waals surface area contributed by atoms with Gasteiger partial charge in [-0.05, 0) is 12.1 Å². The molecule has 0 spiro atoms. The summed E-state index contributed by atoms with van der Waals surface area (Å²) in [7, 11) is 4.26. The summed E-state index contributed by atoms with van der Waals surface area (Å²) in [4.78, 5) is 25.9. The van der Waals surface area contributed by atoms with Gasteiger partial charge in [0, 0.05) is 7.05 Å². The van der Waals surface area contributed by atoms with Crippen molar-refractivity contribution in [2.45, 2.75) is 0 Å². The highest BCUT2D eigenvalue weighted by Gasteiger charge is 2.33. The minimum absolute atomic E-state index is 0.0376. The van der Waals surface area contributed by atoms with Crippen molar-refractivity contribution in [3.05, 3.63) is 29.5 Å². The molecule has 126 valence electrons. The molecule has 3 rings (SSSR count). The molecule has 0 atom stereocenters. The predicted molar refractivity (Wildman–Crippen MR) is 82.9 cm³/mol. The Morgan fingerprint density at radius 3 is 2.67 bits per heavy atom. The van der Waals surface area contributed by atoms with Crippen molar-refractivity contribution in [3.8, 4) is 0 Å². The van der Waals surface area contributed by atoms with E-state index in [1.54, 1.807) is 22.7 Å². The standard InChI is InChI=1S/C15H16N4O5/c1-18-10-5-4-6-11(12(10)16-17-18)19-8-24-7-9(14(20)22-2)13(19)15(21)23-3/h4-6H,7-8H2,1-3H3. The number of hydrogen-bond donors (Lipinski definition) is 0. The van der Waals surface area contributed by atoms with Crippen molar-refractivity contribution in [1.82, 2.24) is 15.0 Å². The zero-order chi connectivity index (χ0) is 17.3. The Bertz CT molecular complexity index is 842. The third-order valence-corrected chi connectivity index (χ3v) is 3.74. The maximum Gasteiger partial charge on any atom is 0.355 e. The molecule has 0 amide bonds. The first-order chi connectivity index (χ1) is 11.6. The fourth-order valence-corrected chi connectivity index (χ4v) is 2.59. The van der Waals surface area contributed by atoms with Gasteiger partial charge in [-0.25, -0.2) is 14.3 Å². The molecule has 0 N–H and O–H groups in total. The monoisotopic (exact) mass is 332 g/mol. The van der Waals surface area contributed by atoms with Gasteiger partial charge >= 0.3 is 11.9 Å². The van der Waals surface area contributed by atoms with Gasteiger partial charge in [0.2, 0.25) is 0 Å². The number of aryl methyl sites for hydroxylation is 1. The molecule has 1 aromatic carbocycles. The van der Waals surface area contributed by atoms with Gasteiger partial charge in [0.1, 0.15) is 17.9 Å². The van der Waals surface area contributed by atoms with Gasteiger partial charge in [-0.1, -0.05) is 11.3 Å². The van der Waals surface area contributed by atoms with Gasteiger partial charge in [0.15, 0.2) is 0 Å². The van der Waals surface area contributed by atoms with E-state index in [-0.39, 0.29) is 24.6 Å². The molecule has 9 heteroatoms. The van der Waals surface area contributed by atoms with Crippen molar-refractivity contribution in [2.75, 3.05) is 32.5 Å². The van der Waals surface area contributed by atoms with Crippen molar-refractivity contribution in [2.24, 2.45) is 7.05 Å². The zero-order valence-corrected chi connectivity index (χ0v) is 13.5. The molecular formula is C15H16N4O5. The molecule has 2 aromatic rings. The summed E-state index contributed by atoms with van der Waals surface area (Å²) in [5.41, 5.74) is 2.12. The van der Waals surface area contributed by atoms with Crippen LogP contribution in [0.1, 0.15) is 0 Å². The van der Waals surface area contributed by atoms with Crippen LogP contribution in [0, 0.1) is 0 Å². The number of nitrogens with zero attached hydrogens (tertiary/aromatic N) is 4. The molecule has 24 heavy (non-hydrogen) atoms. The molecule has 1 aliphatic rings. The molecule has 0 bridgehead atoms. The van der Waals surface area contributed by atoms with E-state index in [4.69, 9.17) is 14.2 Å². The number of rotatable bonds is 3. The van der Waals surface area contributed by atoms with E-state index in [2.05, 4.69) is 10.3 Å². The summed E-state index contributed by atoms with van der Waals surface area (Å²) in [6.07, 6.45) is 0. The smallest absolute Gasteiger partial charge is 0.355 e. The Kier molecular flexibility index (Phi) is 4.17. The third-order valence-electron chi connectivity index (χ3n) is 3.74. The summed E-state index contributed by atoms with van der Waals surface area (Å²) >= 11 is 0. The van der Waals surface area contributed by atoms with Gasteiger partial charge in [-0.2, -0.15) is 0 Å². The topological polar surface area (TPSA) is 95.8 Å². The quantitative estimate of drug-likeness (QED) is 0.744. The second-order valence-electron chi connectivity index (χ2n) is 5.07. The number of methoxy groups -OCH3 is 2. The first-order valence-corrected chi connectivity index (χ1v) is 7.12. The van der Waals surface area contributed by atoms with Gasteiger partial charge in [-0.3, -0.25) is 0 Å². The number of carbonyl (C=O) groups is 2. The second kappa shape index (κ2) is 6.28. The van der Waals surface area contributed by atoms with Crippen molar-refractivity contribution < 1.29 is 23.8 Å². The lowest BCUT2D eigenvalue weighted by Gasteiger charge is -2.31. The van der Waals surface area contributed by atoms with Crippen molar-refractivity contribution in [1.29, 1.82) is 0 Å². The first kappa shape index (κ1) is 15.9. The van der Waals surface area contributed by atoms with Crippen LogP contribution in [0.25, 0.3) is 11.0 Å². The number of hydrogen-bond acceptors (Lipinski definition) is 8. The van der Waals surface area contributed by atoms with E-state index in [1.807, 2.05) is 12.1 Å². The van der Waals surface area contributed by atoms with E-state index < -0.39 is 11.9 Å². The predicted octanol–water partition coefficient (Wildman–Crippen LogP) is 0.362. The SMILES string of the molecule is COC(=O)C1=C(C(=O)OC)N(c2cccc3c2nnn3C)COC1. The summed E-state index contributed by atoms with van der Waals surface area (Å²) in [5, 5.41) is 8.11. The minimum atomic E-state index is -0.653. The Morgan fingerprint density at radius 2 is 1.96 bits per heavy atom. The lowest BCUT2D eigenvalue weighted by atomic mass is 10.1. The van der Waals surface area contributed by atoms with Crippen molar-refractivity contribution in [3.63, 3.8) is 0 Å². The molecule has 1 aromatic heterocycles. The van der Waals surface area contributed by atoms with Crippen LogP contribution in [-0.4, -0.2) is 54.5 Å². The van der Waals surface area contributed by atoms with Gasteiger partial charge in [-0.15, -0.1) is 5.10 Å². The fraction of sp³-hybridized carbons (Fsp3) is 0.333. The van der Waals surface area contributed by atoms with Crippen LogP contribution in [0.15, 0.2) is 29.5 Å². The number of benzene rings is 1. The van der Waals surface area contributed by atoms with E-state index in [0.29, 0.717) is 11.2 Å². The van der Waals surface area contributed by atoms with Crippen LogP contribution in [0.4, 0.5) is 5.69 Å². The highest BCUT2D eigenvalue weighted by Crippen LogP contribution is 2.31. The minimum Gasteiger partial charge on any atom is -0.466 e. The largest absolute Gasteiger partial charge is 0.466 e. The maximum absolute atomic E-state index is 12.3. The normalized spacial score (nSPS) is 14.9. The Hall–Kier alpha value is -2.94. The molecule has 0 unspecified atom stereocenters. The summed E-state index contributed by atoms with van der Waals surface area (Å²) in [5.74, 6) is -1.30. The molecule has 0 aliphatic carbocycles. The average Bonchev–Trinajstić information content (AvgIpc) is 3.01. The molecule has 0 radical (unpaired) electrons. The molecule has 0 saturated heterocycles. The van der Waals surface area contributed by atoms with Crippen LogP contribution in [0.2, 0.25) is 0 Å². The maximum atomic E-state index is 12.3. The zero-order valence-electron chi connectivity index (χ0n) is 13.5. The van der Waals surface area contributed by atoms with Gasteiger partial charge in [0.05, 0.1) is 37.6 Å². The molecular weight excluding hydrogens is 316 g/mol. The van der Waals surface area contributed by atoms with Crippen LogP contribution < -0.4 is 4.90 Å². The van der Waals surface area contributed by atoms with E-state index in [9.17, 15) is 9.59 Å². The van der Waals surface area contributed by atoms with E-state index in [0.717, 1.165) is 5.52 Å². The number of carbonyl (C=O) groups excluding carboxylic acids is 2. The molecule has 0 fully saturated rings. The van der Waals surface area contributed by atoms with Crippen LogP contribution in [0.3, 0.4) is 0 Å². The number of esters is 2. The molecule has 1 aliphatic heterocycles. The lowest BCUT2D eigenvalue weighted by Crippen LogP contribution is -2.38. The Morgan fingerprint density at radius 1 is 1.21 bits per heavy atom. The van der Waals surface area contributed by atoms with Crippen LogP contribution in [0.5, 0.6) is 0 Å². The van der Waals surface area contributed by atoms with Crippen molar-refractivity contribution >= 4 is 28.7 Å². The molecule has 9 nitrogen and oxygen atoms in total. The second-order valence-corrected chi connectivity index (χ2v) is 5.07. The lowest BCUT2D eigenvalue weighted by molar-refractivity contribution is -0.140. The summed E-state index contributed by atoms with van der Waals surface area (Å²) in [6.45, 7) is 0.0324. The van der Waals surface area contributed by atoms with Gasteiger partial charge < -0.3 is 19.1 Å². The number of anilines is 1. The molecule has 2 heterocycles. The molecule has 0 saturated carbocycles. The van der Waals surface area contributed by atoms with E-state index >= 15 is 0 Å².